The first-order valence-corrected chi connectivity index (χ1v) is 4.24. The minimum Gasteiger partial charge on any atom is -0.481 e. The Labute approximate surface area is 68.7 Å². The summed E-state index contributed by atoms with van der Waals surface area (Å²) in [5, 5.41) is 10.4. The van der Waals surface area contributed by atoms with Crippen LogP contribution in [0, 0.1) is 5.92 Å². The van der Waals surface area contributed by atoms with Crippen LogP contribution in [0.3, 0.4) is 0 Å². The maximum atomic E-state index is 10.4. The van der Waals surface area contributed by atoms with E-state index in [1.165, 1.54) is 11.3 Å². The van der Waals surface area contributed by atoms with Gasteiger partial charge in [0.1, 0.15) is 0 Å². The molecule has 0 saturated carbocycles. The summed E-state index contributed by atoms with van der Waals surface area (Å²) in [7, 11) is 0. The van der Waals surface area contributed by atoms with Gasteiger partial charge in [0.2, 0.25) is 0 Å². The van der Waals surface area contributed by atoms with Gasteiger partial charge in [-0.25, -0.2) is 4.98 Å². The van der Waals surface area contributed by atoms with E-state index in [9.17, 15) is 4.79 Å². The van der Waals surface area contributed by atoms with E-state index in [0.717, 1.165) is 5.69 Å². The van der Waals surface area contributed by atoms with Crippen LogP contribution in [0.4, 0.5) is 0 Å². The molecule has 1 rings (SSSR count). The standard InChI is InChI=1S/C7H9NO2S/c1-5(7(9)10)2-6-3-11-4-8-6/h3-5H,2H2,1H3,(H,9,10)/t5-/m0/s1. The number of carboxylic acids is 1. The number of nitrogens with zero attached hydrogens (tertiary/aromatic N) is 1. The zero-order valence-corrected chi connectivity index (χ0v) is 6.97. The van der Waals surface area contributed by atoms with Crippen LogP contribution < -0.4 is 0 Å². The Hall–Kier alpha value is -0.900. The second-order valence-electron chi connectivity index (χ2n) is 2.42. The van der Waals surface area contributed by atoms with Crippen LogP contribution in [0.2, 0.25) is 0 Å². The fourth-order valence-corrected chi connectivity index (χ4v) is 1.31. The molecule has 0 aliphatic heterocycles. The average Bonchev–Trinajstić information content (AvgIpc) is 2.39. The van der Waals surface area contributed by atoms with Crippen molar-refractivity contribution in [1.82, 2.24) is 4.98 Å². The number of rotatable bonds is 3. The lowest BCUT2D eigenvalue weighted by atomic mass is 10.1. The zero-order chi connectivity index (χ0) is 8.27. The van der Waals surface area contributed by atoms with Crippen LogP contribution in [0.15, 0.2) is 10.9 Å². The molecule has 4 heteroatoms. The summed E-state index contributed by atoms with van der Waals surface area (Å²) in [6, 6.07) is 0. The molecule has 3 nitrogen and oxygen atoms in total. The van der Waals surface area contributed by atoms with Gasteiger partial charge in [0.15, 0.2) is 0 Å². The van der Waals surface area contributed by atoms with Gasteiger partial charge in [-0.15, -0.1) is 11.3 Å². The van der Waals surface area contributed by atoms with E-state index >= 15 is 0 Å². The van der Waals surface area contributed by atoms with Gasteiger partial charge in [-0.2, -0.15) is 0 Å². The van der Waals surface area contributed by atoms with E-state index in [0.29, 0.717) is 6.42 Å². The smallest absolute Gasteiger partial charge is 0.306 e. The zero-order valence-electron chi connectivity index (χ0n) is 6.15. The SMILES string of the molecule is C[C@@H](Cc1cscn1)C(=O)O. The highest BCUT2D eigenvalue weighted by Gasteiger charge is 2.11. The molecule has 0 unspecified atom stereocenters. The average molecular weight is 171 g/mol. The summed E-state index contributed by atoms with van der Waals surface area (Å²) < 4.78 is 0. The van der Waals surface area contributed by atoms with Crippen LogP contribution in [-0.2, 0) is 11.2 Å². The summed E-state index contributed by atoms with van der Waals surface area (Å²) in [6.07, 6.45) is 0.527. The van der Waals surface area contributed by atoms with Crippen molar-refractivity contribution in [3.8, 4) is 0 Å². The van der Waals surface area contributed by atoms with Crippen molar-refractivity contribution < 1.29 is 9.90 Å². The largest absolute Gasteiger partial charge is 0.481 e. The molecule has 0 aliphatic carbocycles. The topological polar surface area (TPSA) is 50.2 Å². The number of carbonyl (C=O) groups is 1. The molecular weight excluding hydrogens is 162 g/mol. The lowest BCUT2D eigenvalue weighted by Gasteiger charge is -2.01. The van der Waals surface area contributed by atoms with Gasteiger partial charge >= 0.3 is 5.97 Å². The first kappa shape index (κ1) is 8.20. The molecule has 0 spiro atoms. The van der Waals surface area contributed by atoms with Crippen molar-refractivity contribution in [2.24, 2.45) is 5.92 Å². The molecule has 0 radical (unpaired) electrons. The Morgan fingerprint density at radius 1 is 1.91 bits per heavy atom. The molecule has 1 atom stereocenters. The summed E-state index contributed by atoms with van der Waals surface area (Å²) in [5.41, 5.74) is 2.58. The van der Waals surface area contributed by atoms with Crippen LogP contribution in [0.25, 0.3) is 0 Å². The van der Waals surface area contributed by atoms with Gasteiger partial charge in [-0.1, -0.05) is 6.92 Å². The third-order valence-corrected chi connectivity index (χ3v) is 2.06. The van der Waals surface area contributed by atoms with E-state index in [1.54, 1.807) is 12.4 Å². The van der Waals surface area contributed by atoms with E-state index in [4.69, 9.17) is 5.11 Å². The first-order valence-electron chi connectivity index (χ1n) is 3.30. The van der Waals surface area contributed by atoms with Gasteiger partial charge in [0.05, 0.1) is 17.1 Å². The maximum Gasteiger partial charge on any atom is 0.306 e. The van der Waals surface area contributed by atoms with Gasteiger partial charge < -0.3 is 5.11 Å². The molecule has 0 bridgehead atoms. The lowest BCUT2D eigenvalue weighted by molar-refractivity contribution is -0.141. The van der Waals surface area contributed by atoms with E-state index < -0.39 is 5.97 Å². The minimum absolute atomic E-state index is 0.336. The van der Waals surface area contributed by atoms with Crippen LogP contribution in [0.1, 0.15) is 12.6 Å². The molecule has 0 saturated heterocycles. The molecule has 11 heavy (non-hydrogen) atoms. The number of thiazole rings is 1. The first-order chi connectivity index (χ1) is 5.20. The highest BCUT2D eigenvalue weighted by molar-refractivity contribution is 7.07. The maximum absolute atomic E-state index is 10.4. The predicted octanol–water partition coefficient (Wildman–Crippen LogP) is 1.41. The third kappa shape index (κ3) is 2.31. The van der Waals surface area contributed by atoms with Gasteiger partial charge in [0, 0.05) is 11.8 Å². The van der Waals surface area contributed by atoms with Crippen LogP contribution >= 0.6 is 11.3 Å². The third-order valence-electron chi connectivity index (χ3n) is 1.42. The number of aliphatic carboxylic acids is 1. The number of aromatic nitrogens is 1. The monoisotopic (exact) mass is 171 g/mol. The Kier molecular flexibility index (Phi) is 2.59. The fourth-order valence-electron chi connectivity index (χ4n) is 0.739. The minimum atomic E-state index is -0.766. The molecule has 1 aromatic heterocycles. The molecule has 0 amide bonds. The van der Waals surface area contributed by atoms with Crippen molar-refractivity contribution in [2.75, 3.05) is 0 Å². The summed E-state index contributed by atoms with van der Waals surface area (Å²) in [6.45, 7) is 1.68. The Balaban J connectivity index is 2.50. The molecule has 1 aromatic rings. The molecule has 0 aromatic carbocycles. The highest BCUT2D eigenvalue weighted by Crippen LogP contribution is 2.08. The number of carboxylic acid groups (broad SMARTS) is 1. The summed E-state index contributed by atoms with van der Waals surface area (Å²) in [5.74, 6) is -1.10. The van der Waals surface area contributed by atoms with Gasteiger partial charge in [-0.05, 0) is 0 Å². The second-order valence-corrected chi connectivity index (χ2v) is 3.14. The number of hydrogen-bond donors (Lipinski definition) is 1. The lowest BCUT2D eigenvalue weighted by Crippen LogP contribution is -2.12. The van der Waals surface area contributed by atoms with Crippen molar-refractivity contribution in [3.05, 3.63) is 16.6 Å². The molecule has 1 N–H and O–H groups in total. The second kappa shape index (κ2) is 3.48. The van der Waals surface area contributed by atoms with Crippen molar-refractivity contribution in [3.63, 3.8) is 0 Å². The van der Waals surface area contributed by atoms with Gasteiger partial charge in [-0.3, -0.25) is 4.79 Å². The Morgan fingerprint density at radius 3 is 3.09 bits per heavy atom. The van der Waals surface area contributed by atoms with Crippen molar-refractivity contribution in [2.45, 2.75) is 13.3 Å². The predicted molar refractivity (Wildman–Crippen MR) is 42.6 cm³/mol. The number of hydrogen-bond acceptors (Lipinski definition) is 3. The van der Waals surface area contributed by atoms with E-state index in [-0.39, 0.29) is 5.92 Å². The molecular formula is C7H9NO2S. The molecule has 1 heterocycles. The Morgan fingerprint density at radius 2 is 2.64 bits per heavy atom. The van der Waals surface area contributed by atoms with Crippen molar-refractivity contribution >= 4 is 17.3 Å². The van der Waals surface area contributed by atoms with E-state index in [2.05, 4.69) is 4.98 Å². The quantitative estimate of drug-likeness (QED) is 0.748. The van der Waals surface area contributed by atoms with Gasteiger partial charge in [0.25, 0.3) is 0 Å². The summed E-state index contributed by atoms with van der Waals surface area (Å²) >= 11 is 1.49. The molecule has 60 valence electrons. The highest BCUT2D eigenvalue weighted by atomic mass is 32.1. The van der Waals surface area contributed by atoms with Crippen molar-refractivity contribution in [1.29, 1.82) is 0 Å². The fraction of sp³-hybridized carbons (Fsp3) is 0.429. The molecule has 0 aliphatic rings. The van der Waals surface area contributed by atoms with E-state index in [1.807, 2.05) is 5.38 Å². The molecule has 0 fully saturated rings. The Bertz CT molecular complexity index is 233. The summed E-state index contributed by atoms with van der Waals surface area (Å²) in [4.78, 5) is 14.4. The van der Waals surface area contributed by atoms with Crippen LogP contribution in [0.5, 0.6) is 0 Å². The van der Waals surface area contributed by atoms with Crippen LogP contribution in [-0.4, -0.2) is 16.1 Å². The normalized spacial score (nSPS) is 12.8.